The number of hydrogen-bond donors (Lipinski definition) is 0. The molecule has 0 bridgehead atoms. The zero-order valence-corrected chi connectivity index (χ0v) is 15.3. The molecule has 3 nitrogen and oxygen atoms in total. The molecule has 0 spiro atoms. The molecule has 0 fully saturated rings. The quantitative estimate of drug-likeness (QED) is 0.476. The number of allylic oxidation sites excluding steroid dienone is 2. The molecule has 0 saturated carbocycles. The van der Waals surface area contributed by atoms with Gasteiger partial charge in [0.1, 0.15) is 5.75 Å². The summed E-state index contributed by atoms with van der Waals surface area (Å²) in [6.07, 6.45) is 5.55. The first-order chi connectivity index (χ1) is 10.5. The topological polar surface area (TPSA) is 27.7 Å². The molecular formula is C17H25O3PS. The Morgan fingerprint density at radius 3 is 2.91 bits per heavy atom. The molecule has 0 amide bonds. The van der Waals surface area contributed by atoms with E-state index in [0.29, 0.717) is 19.1 Å². The van der Waals surface area contributed by atoms with Crippen molar-refractivity contribution in [2.75, 3.05) is 6.61 Å². The van der Waals surface area contributed by atoms with E-state index in [-0.39, 0.29) is 0 Å². The number of hydrogen-bond acceptors (Lipinski definition) is 4. The number of rotatable bonds is 7. The molecule has 2 rings (SSSR count). The summed E-state index contributed by atoms with van der Waals surface area (Å²) in [6.45, 7) is 4.96. The SMILES string of the molecule is CC(C)=CCCC(C)CCOP1(=S)OCc2ccccc2O1. The lowest BCUT2D eigenvalue weighted by Gasteiger charge is -2.28. The van der Waals surface area contributed by atoms with E-state index in [0.717, 1.165) is 24.2 Å². The molecule has 1 aromatic carbocycles. The fourth-order valence-electron chi connectivity index (χ4n) is 2.24. The van der Waals surface area contributed by atoms with E-state index in [9.17, 15) is 0 Å². The molecule has 1 aromatic rings. The van der Waals surface area contributed by atoms with Gasteiger partial charge < -0.3 is 4.52 Å². The third kappa shape index (κ3) is 5.51. The van der Waals surface area contributed by atoms with Crippen molar-refractivity contribution in [1.29, 1.82) is 0 Å². The smallest absolute Gasteiger partial charge is 0.380 e. The van der Waals surface area contributed by atoms with Crippen LogP contribution in [0.3, 0.4) is 0 Å². The molecule has 2 unspecified atom stereocenters. The van der Waals surface area contributed by atoms with Crippen LogP contribution in [0.1, 0.15) is 45.6 Å². The Morgan fingerprint density at radius 1 is 1.36 bits per heavy atom. The zero-order valence-electron chi connectivity index (χ0n) is 13.6. The van der Waals surface area contributed by atoms with Gasteiger partial charge in [-0.3, -0.25) is 9.05 Å². The molecule has 1 aliphatic rings. The molecular weight excluding hydrogens is 315 g/mol. The van der Waals surface area contributed by atoms with Crippen LogP contribution >= 0.6 is 6.72 Å². The molecule has 1 heterocycles. The Labute approximate surface area is 138 Å². The van der Waals surface area contributed by atoms with Gasteiger partial charge in [-0.05, 0) is 45.1 Å². The molecule has 122 valence electrons. The maximum absolute atomic E-state index is 5.79. The summed E-state index contributed by atoms with van der Waals surface area (Å²) in [5, 5.41) is 0. The molecule has 0 aliphatic carbocycles. The van der Waals surface area contributed by atoms with Crippen molar-refractivity contribution >= 4 is 18.5 Å². The monoisotopic (exact) mass is 340 g/mol. The fourth-order valence-corrected chi connectivity index (χ4v) is 4.09. The first-order valence-corrected chi connectivity index (χ1v) is 10.3. The molecule has 0 radical (unpaired) electrons. The largest absolute Gasteiger partial charge is 0.424 e. The van der Waals surface area contributed by atoms with Crippen molar-refractivity contribution in [3.8, 4) is 5.75 Å². The minimum Gasteiger partial charge on any atom is -0.424 e. The lowest BCUT2D eigenvalue weighted by atomic mass is 10.0. The van der Waals surface area contributed by atoms with Crippen LogP contribution in [-0.4, -0.2) is 6.61 Å². The number of benzene rings is 1. The van der Waals surface area contributed by atoms with Gasteiger partial charge in [-0.2, -0.15) is 0 Å². The van der Waals surface area contributed by atoms with Crippen LogP contribution in [0.15, 0.2) is 35.9 Å². The molecule has 5 heteroatoms. The average molecular weight is 340 g/mol. The summed E-state index contributed by atoms with van der Waals surface area (Å²) < 4.78 is 17.2. The van der Waals surface area contributed by atoms with Gasteiger partial charge in [0, 0.05) is 17.4 Å². The van der Waals surface area contributed by atoms with Gasteiger partial charge >= 0.3 is 6.72 Å². The first-order valence-electron chi connectivity index (χ1n) is 7.78. The predicted octanol–water partition coefficient (Wildman–Crippen LogP) is 5.61. The molecule has 1 aliphatic heterocycles. The normalized spacial score (nSPS) is 21.6. The summed E-state index contributed by atoms with van der Waals surface area (Å²) in [7, 11) is 0. The fraction of sp³-hybridized carbons (Fsp3) is 0.529. The van der Waals surface area contributed by atoms with E-state index in [4.69, 9.17) is 25.4 Å². The highest BCUT2D eigenvalue weighted by Gasteiger charge is 2.28. The second kappa shape index (κ2) is 8.26. The molecule has 0 aromatic heterocycles. The van der Waals surface area contributed by atoms with Crippen molar-refractivity contribution in [3.63, 3.8) is 0 Å². The van der Waals surface area contributed by atoms with Crippen LogP contribution in [0.5, 0.6) is 5.75 Å². The van der Waals surface area contributed by atoms with Crippen molar-refractivity contribution in [2.24, 2.45) is 5.92 Å². The van der Waals surface area contributed by atoms with Crippen LogP contribution in [0.25, 0.3) is 0 Å². The van der Waals surface area contributed by atoms with E-state index in [1.54, 1.807) is 0 Å². The average Bonchev–Trinajstić information content (AvgIpc) is 2.46. The Balaban J connectivity index is 1.75. The third-order valence-corrected chi connectivity index (χ3v) is 5.85. The summed E-state index contributed by atoms with van der Waals surface area (Å²) in [5.41, 5.74) is 2.41. The van der Waals surface area contributed by atoms with Crippen molar-refractivity contribution in [1.82, 2.24) is 0 Å². The minimum atomic E-state index is -2.62. The van der Waals surface area contributed by atoms with Crippen molar-refractivity contribution < 1.29 is 13.6 Å². The molecule has 0 N–H and O–H groups in total. The Morgan fingerprint density at radius 2 is 2.14 bits per heavy atom. The van der Waals surface area contributed by atoms with Gasteiger partial charge in [-0.15, -0.1) is 0 Å². The summed E-state index contributed by atoms with van der Waals surface area (Å²) in [4.78, 5) is 0. The summed E-state index contributed by atoms with van der Waals surface area (Å²) in [5.74, 6) is 1.41. The third-order valence-electron chi connectivity index (χ3n) is 3.63. The lowest BCUT2D eigenvalue weighted by Crippen LogP contribution is -2.11. The minimum absolute atomic E-state index is 0.476. The van der Waals surface area contributed by atoms with Gasteiger partial charge in [0.05, 0.1) is 13.2 Å². The summed E-state index contributed by atoms with van der Waals surface area (Å²) in [6, 6.07) is 7.81. The summed E-state index contributed by atoms with van der Waals surface area (Å²) >= 11 is 5.44. The van der Waals surface area contributed by atoms with Gasteiger partial charge in [-0.25, -0.2) is 0 Å². The standard InChI is InChI=1S/C17H25O3PS/c1-14(2)7-6-8-15(3)11-12-18-21(22)19-13-16-9-4-5-10-17(16)20-21/h4-5,7,9-10,15H,6,8,11-13H2,1-3H3. The van der Waals surface area contributed by atoms with Crippen molar-refractivity contribution in [2.45, 2.75) is 46.6 Å². The van der Waals surface area contributed by atoms with E-state index < -0.39 is 6.72 Å². The molecule has 0 saturated heterocycles. The van der Waals surface area contributed by atoms with E-state index in [1.807, 2.05) is 24.3 Å². The number of para-hydroxylation sites is 1. The number of fused-ring (bicyclic) bond motifs is 1. The lowest BCUT2D eigenvalue weighted by molar-refractivity contribution is 0.171. The second-order valence-electron chi connectivity index (χ2n) is 6.01. The van der Waals surface area contributed by atoms with Crippen molar-refractivity contribution in [3.05, 3.63) is 41.5 Å². The van der Waals surface area contributed by atoms with Crippen LogP contribution in [0, 0.1) is 5.92 Å². The Bertz CT molecular complexity index is 567. The van der Waals surface area contributed by atoms with Crippen LogP contribution in [-0.2, 0) is 27.5 Å². The zero-order chi connectivity index (χ0) is 16.0. The van der Waals surface area contributed by atoms with Gasteiger partial charge in [-0.1, -0.05) is 36.8 Å². The molecule has 22 heavy (non-hydrogen) atoms. The highest BCUT2D eigenvalue weighted by Crippen LogP contribution is 2.54. The van der Waals surface area contributed by atoms with Crippen LogP contribution < -0.4 is 4.52 Å². The predicted molar refractivity (Wildman–Crippen MR) is 94.5 cm³/mol. The highest BCUT2D eigenvalue weighted by molar-refractivity contribution is 8.07. The van der Waals surface area contributed by atoms with Gasteiger partial charge in [0.25, 0.3) is 0 Å². The van der Waals surface area contributed by atoms with Gasteiger partial charge in [0.2, 0.25) is 0 Å². The van der Waals surface area contributed by atoms with E-state index in [1.165, 1.54) is 12.0 Å². The van der Waals surface area contributed by atoms with Crippen LogP contribution in [0.2, 0.25) is 0 Å². The van der Waals surface area contributed by atoms with E-state index in [2.05, 4.69) is 26.8 Å². The Hall–Kier alpha value is -0.670. The van der Waals surface area contributed by atoms with E-state index >= 15 is 0 Å². The maximum Gasteiger partial charge on any atom is 0.380 e. The maximum atomic E-state index is 5.79. The second-order valence-corrected chi connectivity index (χ2v) is 8.94. The van der Waals surface area contributed by atoms with Crippen LogP contribution in [0.4, 0.5) is 0 Å². The Kier molecular flexibility index (Phi) is 6.64. The highest BCUT2D eigenvalue weighted by atomic mass is 32.5. The first kappa shape index (κ1) is 17.7. The van der Waals surface area contributed by atoms with Gasteiger partial charge in [0.15, 0.2) is 0 Å². The molecule has 2 atom stereocenters.